The lowest BCUT2D eigenvalue weighted by atomic mass is 10.1. The third-order valence-corrected chi connectivity index (χ3v) is 5.02. The number of aryl methyl sites for hydroxylation is 1. The van der Waals surface area contributed by atoms with E-state index in [1.165, 1.54) is 12.1 Å². The molecular formula is C18H20ClFN6O. The highest BCUT2D eigenvalue weighted by Crippen LogP contribution is 2.32. The molecule has 27 heavy (non-hydrogen) atoms. The summed E-state index contributed by atoms with van der Waals surface area (Å²) >= 11 is 0. The maximum Gasteiger partial charge on any atom is 0.165 e. The van der Waals surface area contributed by atoms with Gasteiger partial charge in [0.2, 0.25) is 0 Å². The molecule has 3 aromatic rings. The highest BCUT2D eigenvalue weighted by atomic mass is 35.5. The van der Waals surface area contributed by atoms with Crippen molar-refractivity contribution in [3.63, 3.8) is 0 Å². The Balaban J connectivity index is 0.00000180. The summed E-state index contributed by atoms with van der Waals surface area (Å²) in [4.78, 5) is 11.4. The minimum atomic E-state index is -0.284. The first kappa shape index (κ1) is 18.1. The molecule has 0 aliphatic carbocycles. The SMILES string of the molecule is Cc1ncn2c1Cn1nc(CN3CCOCC3)nc1-c1cc(F)ccc1-2.Cl. The van der Waals surface area contributed by atoms with Crippen LogP contribution >= 0.6 is 12.4 Å². The maximum absolute atomic E-state index is 14.0. The number of ether oxygens (including phenoxy) is 1. The summed E-state index contributed by atoms with van der Waals surface area (Å²) in [5.41, 5.74) is 3.60. The first-order valence-corrected chi connectivity index (χ1v) is 8.76. The number of hydrogen-bond donors (Lipinski definition) is 0. The topological polar surface area (TPSA) is 61.0 Å². The summed E-state index contributed by atoms with van der Waals surface area (Å²) in [6.45, 7) is 6.44. The fourth-order valence-electron chi connectivity index (χ4n) is 3.63. The molecule has 2 aliphatic rings. The van der Waals surface area contributed by atoms with E-state index in [-0.39, 0.29) is 18.2 Å². The molecule has 2 aliphatic heterocycles. The van der Waals surface area contributed by atoms with Gasteiger partial charge < -0.3 is 9.30 Å². The van der Waals surface area contributed by atoms with Crippen LogP contribution in [0.15, 0.2) is 24.5 Å². The summed E-state index contributed by atoms with van der Waals surface area (Å²) in [6, 6.07) is 4.78. The molecule has 1 saturated heterocycles. The summed E-state index contributed by atoms with van der Waals surface area (Å²) in [5.74, 6) is 1.17. The van der Waals surface area contributed by atoms with Gasteiger partial charge >= 0.3 is 0 Å². The van der Waals surface area contributed by atoms with Crippen molar-refractivity contribution in [2.45, 2.75) is 20.0 Å². The standard InChI is InChI=1S/C18H19FN6O.ClH/c1-12-16-9-25-18(21-17(22-25)10-23-4-6-26-7-5-23)14-8-13(19)2-3-15(14)24(16)11-20-12;/h2-3,8,11H,4-7,9-10H2,1H3;1H. The lowest BCUT2D eigenvalue weighted by Crippen LogP contribution is -2.36. The Labute approximate surface area is 162 Å². The zero-order valence-corrected chi connectivity index (χ0v) is 15.7. The van der Waals surface area contributed by atoms with Crippen molar-refractivity contribution in [2.75, 3.05) is 26.3 Å². The number of benzene rings is 1. The van der Waals surface area contributed by atoms with Gasteiger partial charge in [0.1, 0.15) is 5.82 Å². The maximum atomic E-state index is 14.0. The molecule has 1 aromatic carbocycles. The van der Waals surface area contributed by atoms with Crippen LogP contribution < -0.4 is 0 Å². The molecule has 0 amide bonds. The summed E-state index contributed by atoms with van der Waals surface area (Å²) < 4.78 is 23.2. The largest absolute Gasteiger partial charge is 0.379 e. The van der Waals surface area contributed by atoms with Crippen molar-refractivity contribution in [1.82, 2.24) is 29.2 Å². The van der Waals surface area contributed by atoms with E-state index in [9.17, 15) is 4.39 Å². The lowest BCUT2D eigenvalue weighted by molar-refractivity contribution is 0.0330. The van der Waals surface area contributed by atoms with Crippen molar-refractivity contribution in [2.24, 2.45) is 0 Å². The molecular weight excluding hydrogens is 371 g/mol. The highest BCUT2D eigenvalue weighted by Gasteiger charge is 2.25. The van der Waals surface area contributed by atoms with Gasteiger partial charge in [0.05, 0.1) is 49.7 Å². The third kappa shape index (κ3) is 3.13. The van der Waals surface area contributed by atoms with E-state index in [2.05, 4.69) is 9.88 Å². The van der Waals surface area contributed by atoms with E-state index in [1.54, 1.807) is 12.4 Å². The number of morpholine rings is 1. The number of imidazole rings is 1. The van der Waals surface area contributed by atoms with E-state index in [4.69, 9.17) is 14.8 Å². The van der Waals surface area contributed by atoms with Gasteiger partial charge in [-0.2, -0.15) is 5.10 Å². The zero-order valence-electron chi connectivity index (χ0n) is 14.9. The molecule has 9 heteroatoms. The van der Waals surface area contributed by atoms with E-state index in [1.807, 2.05) is 16.2 Å². The molecule has 0 bridgehead atoms. The molecule has 4 heterocycles. The Bertz CT molecular complexity index is 978. The van der Waals surface area contributed by atoms with E-state index in [0.717, 1.165) is 54.8 Å². The second kappa shape index (κ2) is 7.03. The van der Waals surface area contributed by atoms with Crippen LogP contribution in [0, 0.1) is 12.7 Å². The van der Waals surface area contributed by atoms with Crippen molar-refractivity contribution in [3.8, 4) is 17.1 Å². The van der Waals surface area contributed by atoms with Crippen LogP contribution in [0.2, 0.25) is 0 Å². The van der Waals surface area contributed by atoms with Gasteiger partial charge in [-0.3, -0.25) is 4.90 Å². The predicted octanol–water partition coefficient (Wildman–Crippen LogP) is 2.19. The Morgan fingerprint density at radius 3 is 2.85 bits per heavy atom. The minimum Gasteiger partial charge on any atom is -0.379 e. The molecule has 7 nitrogen and oxygen atoms in total. The van der Waals surface area contributed by atoms with Crippen LogP contribution in [-0.2, 0) is 17.8 Å². The highest BCUT2D eigenvalue weighted by molar-refractivity contribution is 5.85. The van der Waals surface area contributed by atoms with Crippen LogP contribution in [-0.4, -0.2) is 55.5 Å². The Morgan fingerprint density at radius 2 is 2.04 bits per heavy atom. The van der Waals surface area contributed by atoms with Crippen LogP contribution in [0.5, 0.6) is 0 Å². The lowest BCUT2D eigenvalue weighted by Gasteiger charge is -2.25. The Kier molecular flexibility index (Phi) is 4.71. The molecule has 1 fully saturated rings. The number of nitrogens with zero attached hydrogens (tertiary/aromatic N) is 6. The summed E-state index contributed by atoms with van der Waals surface area (Å²) in [7, 11) is 0. The van der Waals surface area contributed by atoms with Crippen molar-refractivity contribution in [1.29, 1.82) is 0 Å². The minimum absolute atomic E-state index is 0. The van der Waals surface area contributed by atoms with Crippen LogP contribution in [0.25, 0.3) is 17.1 Å². The molecule has 0 N–H and O–H groups in total. The smallest absolute Gasteiger partial charge is 0.165 e. The van der Waals surface area contributed by atoms with Gasteiger partial charge in [0.15, 0.2) is 11.6 Å². The average Bonchev–Trinajstić information content (AvgIpc) is 3.17. The fraction of sp³-hybridized carbons (Fsp3) is 0.389. The second-order valence-electron chi connectivity index (χ2n) is 6.71. The fourth-order valence-corrected chi connectivity index (χ4v) is 3.63. The number of rotatable bonds is 2. The second-order valence-corrected chi connectivity index (χ2v) is 6.71. The van der Waals surface area contributed by atoms with Crippen molar-refractivity contribution in [3.05, 3.63) is 47.6 Å². The normalized spacial score (nSPS) is 16.1. The van der Waals surface area contributed by atoms with Gasteiger partial charge in [-0.15, -0.1) is 12.4 Å². The predicted molar refractivity (Wildman–Crippen MR) is 99.7 cm³/mol. The molecule has 0 atom stereocenters. The Morgan fingerprint density at radius 1 is 1.22 bits per heavy atom. The summed E-state index contributed by atoms with van der Waals surface area (Å²) in [6.07, 6.45) is 1.78. The zero-order chi connectivity index (χ0) is 17.7. The van der Waals surface area contributed by atoms with Crippen molar-refractivity contribution >= 4 is 12.4 Å². The van der Waals surface area contributed by atoms with Crippen LogP contribution in [0.4, 0.5) is 4.39 Å². The van der Waals surface area contributed by atoms with Gasteiger partial charge in [0.25, 0.3) is 0 Å². The average molecular weight is 391 g/mol. The van der Waals surface area contributed by atoms with E-state index in [0.29, 0.717) is 18.9 Å². The van der Waals surface area contributed by atoms with E-state index < -0.39 is 0 Å². The number of aromatic nitrogens is 5. The summed E-state index contributed by atoms with van der Waals surface area (Å²) in [5, 5.41) is 4.71. The number of halogens is 2. The molecule has 2 aromatic heterocycles. The molecule has 0 unspecified atom stereocenters. The quantitative estimate of drug-likeness (QED) is 0.525. The van der Waals surface area contributed by atoms with Gasteiger partial charge in [-0.05, 0) is 25.1 Å². The van der Waals surface area contributed by atoms with E-state index >= 15 is 0 Å². The van der Waals surface area contributed by atoms with Crippen LogP contribution in [0.1, 0.15) is 17.2 Å². The van der Waals surface area contributed by atoms with Gasteiger partial charge in [-0.25, -0.2) is 19.0 Å². The monoisotopic (exact) mass is 390 g/mol. The molecule has 0 saturated carbocycles. The number of fused-ring (bicyclic) bond motifs is 5. The molecule has 5 rings (SSSR count). The number of hydrogen-bond acceptors (Lipinski definition) is 5. The third-order valence-electron chi connectivity index (χ3n) is 5.02. The van der Waals surface area contributed by atoms with Gasteiger partial charge in [-0.1, -0.05) is 0 Å². The molecule has 0 radical (unpaired) electrons. The Hall–Kier alpha value is -2.29. The first-order valence-electron chi connectivity index (χ1n) is 8.76. The molecule has 0 spiro atoms. The first-order chi connectivity index (χ1) is 12.7. The van der Waals surface area contributed by atoms with Gasteiger partial charge in [0, 0.05) is 18.7 Å². The molecule has 142 valence electrons. The van der Waals surface area contributed by atoms with Crippen molar-refractivity contribution < 1.29 is 9.13 Å². The van der Waals surface area contributed by atoms with Crippen LogP contribution in [0.3, 0.4) is 0 Å².